The normalized spacial score (nSPS) is 25.6. The largest absolute Gasteiger partial charge is 0.378 e. The first-order chi connectivity index (χ1) is 10.6. The van der Waals surface area contributed by atoms with Gasteiger partial charge in [0.05, 0.1) is 12.1 Å². The van der Waals surface area contributed by atoms with Crippen LogP contribution in [0.5, 0.6) is 0 Å². The van der Waals surface area contributed by atoms with E-state index in [1.54, 1.807) is 0 Å². The Bertz CT molecular complexity index is 522. The predicted octanol–water partition coefficient (Wildman–Crippen LogP) is 2.02. The van der Waals surface area contributed by atoms with E-state index >= 15 is 0 Å². The van der Waals surface area contributed by atoms with Crippen molar-refractivity contribution in [2.45, 2.75) is 64.5 Å². The molecule has 122 valence electrons. The Hall–Kier alpha value is -1.43. The molecule has 0 aliphatic carbocycles. The van der Waals surface area contributed by atoms with E-state index in [9.17, 15) is 4.79 Å². The lowest BCUT2D eigenvalue weighted by Gasteiger charge is -2.33. The summed E-state index contributed by atoms with van der Waals surface area (Å²) in [5.74, 6) is 2.00. The van der Waals surface area contributed by atoms with Crippen molar-refractivity contribution in [1.82, 2.24) is 19.7 Å². The smallest absolute Gasteiger partial charge is 0.222 e. The van der Waals surface area contributed by atoms with Gasteiger partial charge in [0.15, 0.2) is 0 Å². The van der Waals surface area contributed by atoms with E-state index in [-0.39, 0.29) is 11.9 Å². The Labute approximate surface area is 131 Å². The summed E-state index contributed by atoms with van der Waals surface area (Å²) < 4.78 is 7.60. The molecule has 2 aliphatic heterocycles. The van der Waals surface area contributed by atoms with Crippen molar-refractivity contribution in [2.24, 2.45) is 0 Å². The summed E-state index contributed by atoms with van der Waals surface area (Å²) in [6.07, 6.45) is 6.11. The third-order valence-corrected chi connectivity index (χ3v) is 4.71. The molecule has 3 heterocycles. The second kappa shape index (κ2) is 6.77. The van der Waals surface area contributed by atoms with Gasteiger partial charge in [0.1, 0.15) is 11.6 Å². The van der Waals surface area contributed by atoms with Gasteiger partial charge in [0, 0.05) is 26.1 Å². The van der Waals surface area contributed by atoms with Crippen molar-refractivity contribution in [3.8, 4) is 0 Å². The van der Waals surface area contributed by atoms with Crippen molar-refractivity contribution in [3.05, 3.63) is 11.6 Å². The van der Waals surface area contributed by atoms with E-state index in [2.05, 4.69) is 10.1 Å². The van der Waals surface area contributed by atoms with Gasteiger partial charge in [-0.3, -0.25) is 4.79 Å². The van der Waals surface area contributed by atoms with Crippen LogP contribution in [-0.4, -0.2) is 51.4 Å². The molecule has 2 atom stereocenters. The molecule has 0 radical (unpaired) electrons. The quantitative estimate of drug-likeness (QED) is 0.854. The fourth-order valence-corrected chi connectivity index (χ4v) is 3.58. The summed E-state index contributed by atoms with van der Waals surface area (Å²) in [7, 11) is 0. The minimum absolute atomic E-state index is 0.259. The van der Waals surface area contributed by atoms with Gasteiger partial charge in [-0.1, -0.05) is 0 Å². The third kappa shape index (κ3) is 3.48. The fourth-order valence-electron chi connectivity index (χ4n) is 3.58. The zero-order valence-corrected chi connectivity index (χ0v) is 13.6. The number of aromatic nitrogens is 3. The number of likely N-dealkylation sites (tertiary alicyclic amines) is 1. The predicted molar refractivity (Wildman–Crippen MR) is 82.6 cm³/mol. The standard InChI is InChI=1S/C16H26N4O2/c1-12-17-13(2)20(18-12)14-5-3-9-19(11-14)16(21)8-7-15-6-4-10-22-15/h14-15H,3-11H2,1-2H3/t14-,15+/m0/s1. The van der Waals surface area contributed by atoms with Crippen molar-refractivity contribution in [1.29, 1.82) is 0 Å². The van der Waals surface area contributed by atoms with Crippen LogP contribution in [-0.2, 0) is 9.53 Å². The molecule has 3 rings (SSSR count). The van der Waals surface area contributed by atoms with Crippen LogP contribution < -0.4 is 0 Å². The zero-order valence-electron chi connectivity index (χ0n) is 13.6. The van der Waals surface area contributed by atoms with Crippen LogP contribution in [0.2, 0.25) is 0 Å². The lowest BCUT2D eigenvalue weighted by Crippen LogP contribution is -2.41. The molecular weight excluding hydrogens is 280 g/mol. The highest BCUT2D eigenvalue weighted by Crippen LogP contribution is 2.24. The van der Waals surface area contributed by atoms with Crippen molar-refractivity contribution in [3.63, 3.8) is 0 Å². The maximum absolute atomic E-state index is 12.4. The Morgan fingerprint density at radius 2 is 2.18 bits per heavy atom. The number of piperidine rings is 1. The third-order valence-electron chi connectivity index (χ3n) is 4.71. The number of carbonyl (C=O) groups is 1. The Kier molecular flexibility index (Phi) is 4.76. The van der Waals surface area contributed by atoms with Gasteiger partial charge in [-0.25, -0.2) is 9.67 Å². The SMILES string of the molecule is Cc1nc(C)n([C@H]2CCCN(C(=O)CC[C@H]3CCCO3)C2)n1. The number of carbonyl (C=O) groups excluding carboxylic acids is 1. The highest BCUT2D eigenvalue weighted by atomic mass is 16.5. The van der Waals surface area contributed by atoms with E-state index < -0.39 is 0 Å². The van der Waals surface area contributed by atoms with Gasteiger partial charge in [0.2, 0.25) is 5.91 Å². The van der Waals surface area contributed by atoms with Crippen molar-refractivity contribution in [2.75, 3.05) is 19.7 Å². The Balaban J connectivity index is 1.55. The molecule has 1 aromatic rings. The molecule has 0 aromatic carbocycles. The van der Waals surface area contributed by atoms with Crippen molar-refractivity contribution >= 4 is 5.91 Å². The molecule has 0 N–H and O–H groups in total. The second-order valence-corrected chi connectivity index (χ2v) is 6.46. The number of aryl methyl sites for hydroxylation is 2. The molecule has 2 saturated heterocycles. The van der Waals surface area contributed by atoms with Crippen LogP contribution in [0.1, 0.15) is 56.2 Å². The number of hydrogen-bond acceptors (Lipinski definition) is 4. The molecular formula is C16H26N4O2. The summed E-state index contributed by atoms with van der Waals surface area (Å²) in [5, 5.41) is 4.48. The van der Waals surface area contributed by atoms with Crippen LogP contribution in [0.3, 0.4) is 0 Å². The first-order valence-corrected chi connectivity index (χ1v) is 8.42. The molecule has 2 aliphatic rings. The average molecular weight is 306 g/mol. The maximum atomic E-state index is 12.4. The Morgan fingerprint density at radius 3 is 2.86 bits per heavy atom. The van der Waals surface area contributed by atoms with E-state index in [0.717, 1.165) is 63.4 Å². The summed E-state index contributed by atoms with van der Waals surface area (Å²) in [6.45, 7) is 6.38. The molecule has 6 nitrogen and oxygen atoms in total. The molecule has 0 bridgehead atoms. The molecule has 0 spiro atoms. The highest BCUT2D eigenvalue weighted by molar-refractivity contribution is 5.76. The summed E-state index contributed by atoms with van der Waals surface area (Å²) in [4.78, 5) is 18.8. The van der Waals surface area contributed by atoms with Gasteiger partial charge in [-0.15, -0.1) is 0 Å². The van der Waals surface area contributed by atoms with E-state index in [1.165, 1.54) is 0 Å². The van der Waals surface area contributed by atoms with Gasteiger partial charge in [-0.05, 0) is 46.0 Å². The number of ether oxygens (including phenoxy) is 1. The van der Waals surface area contributed by atoms with Crippen LogP contribution in [0.25, 0.3) is 0 Å². The zero-order chi connectivity index (χ0) is 15.5. The number of nitrogens with zero attached hydrogens (tertiary/aromatic N) is 4. The summed E-state index contributed by atoms with van der Waals surface area (Å²) >= 11 is 0. The van der Waals surface area contributed by atoms with Gasteiger partial charge >= 0.3 is 0 Å². The molecule has 22 heavy (non-hydrogen) atoms. The molecule has 6 heteroatoms. The molecule has 0 saturated carbocycles. The van der Waals surface area contributed by atoms with Gasteiger partial charge < -0.3 is 9.64 Å². The van der Waals surface area contributed by atoms with E-state index in [0.29, 0.717) is 12.5 Å². The fraction of sp³-hybridized carbons (Fsp3) is 0.812. The molecule has 1 aromatic heterocycles. The van der Waals surface area contributed by atoms with Crippen LogP contribution in [0.4, 0.5) is 0 Å². The average Bonchev–Trinajstić information content (AvgIpc) is 3.14. The lowest BCUT2D eigenvalue weighted by atomic mass is 10.0. The van der Waals surface area contributed by atoms with Crippen LogP contribution in [0, 0.1) is 13.8 Å². The van der Waals surface area contributed by atoms with E-state index in [4.69, 9.17) is 4.74 Å². The molecule has 0 unspecified atom stereocenters. The Morgan fingerprint density at radius 1 is 1.32 bits per heavy atom. The minimum atomic E-state index is 0.259. The first-order valence-electron chi connectivity index (χ1n) is 8.42. The van der Waals surface area contributed by atoms with Crippen LogP contribution in [0.15, 0.2) is 0 Å². The summed E-state index contributed by atoms with van der Waals surface area (Å²) in [5.41, 5.74) is 0. The van der Waals surface area contributed by atoms with Gasteiger partial charge in [0.25, 0.3) is 0 Å². The lowest BCUT2D eigenvalue weighted by molar-refractivity contribution is -0.133. The van der Waals surface area contributed by atoms with Gasteiger partial charge in [-0.2, -0.15) is 5.10 Å². The van der Waals surface area contributed by atoms with E-state index in [1.807, 2.05) is 23.4 Å². The van der Waals surface area contributed by atoms with Crippen LogP contribution >= 0.6 is 0 Å². The molecule has 1 amide bonds. The van der Waals surface area contributed by atoms with Crippen molar-refractivity contribution < 1.29 is 9.53 Å². The maximum Gasteiger partial charge on any atom is 0.222 e. The highest BCUT2D eigenvalue weighted by Gasteiger charge is 2.27. The second-order valence-electron chi connectivity index (χ2n) is 6.46. The topological polar surface area (TPSA) is 60.2 Å². The summed E-state index contributed by atoms with van der Waals surface area (Å²) in [6, 6.07) is 0.265. The number of rotatable bonds is 4. The minimum Gasteiger partial charge on any atom is -0.378 e. The first kappa shape index (κ1) is 15.5. The monoisotopic (exact) mass is 306 g/mol. The number of hydrogen-bond donors (Lipinski definition) is 0. The molecule has 2 fully saturated rings. The number of amides is 1.